The Balaban J connectivity index is 1.19. The maximum atomic E-state index is 12.7. The molecule has 6 heteroatoms. The van der Waals surface area contributed by atoms with E-state index in [1.54, 1.807) is 0 Å². The number of benzene rings is 1. The zero-order valence-electron chi connectivity index (χ0n) is 16.8. The van der Waals surface area contributed by atoms with Crippen LogP contribution in [0.2, 0.25) is 0 Å². The summed E-state index contributed by atoms with van der Waals surface area (Å²) in [5, 5.41) is 3.09. The normalized spacial score (nSPS) is 21.1. The molecular formula is C23H28N4O2. The van der Waals surface area contributed by atoms with Gasteiger partial charge in [-0.05, 0) is 43.7 Å². The maximum Gasteiger partial charge on any atom is 0.225 e. The first-order chi connectivity index (χ1) is 14.2. The molecule has 1 saturated carbocycles. The van der Waals surface area contributed by atoms with E-state index in [9.17, 15) is 9.59 Å². The first-order valence-electron chi connectivity index (χ1n) is 10.9. The average molecular weight is 393 g/mol. The Morgan fingerprint density at radius 1 is 1.10 bits per heavy atom. The number of aromatic nitrogens is 2. The molecular weight excluding hydrogens is 364 g/mol. The van der Waals surface area contributed by atoms with Gasteiger partial charge in [0.25, 0.3) is 0 Å². The van der Waals surface area contributed by atoms with Gasteiger partial charge in [0.05, 0.1) is 11.6 Å². The number of amides is 2. The lowest BCUT2D eigenvalue weighted by Gasteiger charge is -2.32. The highest BCUT2D eigenvalue weighted by molar-refractivity contribution is 5.83. The third-order valence-electron chi connectivity index (χ3n) is 6.38. The maximum absolute atomic E-state index is 12.7. The third-order valence-corrected chi connectivity index (χ3v) is 6.38. The quantitative estimate of drug-likeness (QED) is 0.851. The van der Waals surface area contributed by atoms with Gasteiger partial charge in [-0.3, -0.25) is 9.59 Å². The first-order valence-corrected chi connectivity index (χ1v) is 10.9. The van der Waals surface area contributed by atoms with Crippen molar-refractivity contribution in [3.63, 3.8) is 0 Å². The van der Waals surface area contributed by atoms with Gasteiger partial charge >= 0.3 is 0 Å². The molecule has 1 atom stereocenters. The Morgan fingerprint density at radius 3 is 2.83 bits per heavy atom. The third kappa shape index (κ3) is 3.93. The topological polar surface area (TPSA) is 67.2 Å². The molecule has 3 aliphatic rings. The molecule has 1 unspecified atom stereocenters. The molecule has 2 amide bonds. The van der Waals surface area contributed by atoms with Crippen LogP contribution in [0.1, 0.15) is 43.5 Å². The molecule has 0 bridgehead atoms. The Labute approximate surface area is 171 Å². The lowest BCUT2D eigenvalue weighted by molar-refractivity contribution is -0.136. The molecule has 2 fully saturated rings. The number of fused-ring (bicyclic) bond motifs is 1. The van der Waals surface area contributed by atoms with Crippen molar-refractivity contribution >= 4 is 11.8 Å². The summed E-state index contributed by atoms with van der Waals surface area (Å²) < 4.78 is 2.24. The number of rotatable bonds is 5. The van der Waals surface area contributed by atoms with E-state index in [4.69, 9.17) is 4.98 Å². The minimum atomic E-state index is -0.0919. The minimum absolute atomic E-state index is 0.0599. The number of nitrogens with zero attached hydrogens (tertiary/aromatic N) is 3. The Bertz CT molecular complexity index is 909. The molecule has 5 rings (SSSR count). The molecule has 1 N–H and O–H groups in total. The fraction of sp³-hybridized carbons (Fsp3) is 0.522. The van der Waals surface area contributed by atoms with Crippen LogP contribution in [0.25, 0.3) is 11.3 Å². The predicted octanol–water partition coefficient (Wildman–Crippen LogP) is 2.76. The molecule has 1 aromatic heterocycles. The SMILES string of the molecule is O=C(NCc1cccc(-c2cn3c(n2)CCC3)c1)C1CCCN(C(=O)C2CC2)C1. The molecule has 0 spiro atoms. The summed E-state index contributed by atoms with van der Waals surface area (Å²) >= 11 is 0. The number of imidazole rings is 1. The van der Waals surface area contributed by atoms with Gasteiger partial charge < -0.3 is 14.8 Å². The summed E-state index contributed by atoms with van der Waals surface area (Å²) in [5.74, 6) is 1.61. The Morgan fingerprint density at radius 2 is 2.00 bits per heavy atom. The van der Waals surface area contributed by atoms with Crippen molar-refractivity contribution in [3.8, 4) is 11.3 Å². The standard InChI is InChI=1S/C23H28N4O2/c28-22(19-6-2-11-27(14-19)23(29)17-8-9-17)24-13-16-4-1-5-18(12-16)20-15-26-10-3-7-21(26)25-20/h1,4-5,12,15,17,19H,2-3,6-11,13-14H2,(H,24,28). The van der Waals surface area contributed by atoms with E-state index in [0.717, 1.165) is 62.0 Å². The predicted molar refractivity (Wildman–Crippen MR) is 110 cm³/mol. The van der Waals surface area contributed by atoms with Gasteiger partial charge in [-0.25, -0.2) is 4.98 Å². The van der Waals surface area contributed by atoms with Crippen LogP contribution in [0, 0.1) is 11.8 Å². The smallest absolute Gasteiger partial charge is 0.225 e. The van der Waals surface area contributed by atoms with E-state index in [1.165, 1.54) is 12.2 Å². The monoisotopic (exact) mass is 392 g/mol. The molecule has 29 heavy (non-hydrogen) atoms. The molecule has 3 heterocycles. The van der Waals surface area contributed by atoms with Crippen molar-refractivity contribution in [1.29, 1.82) is 0 Å². The molecule has 1 aromatic carbocycles. The summed E-state index contributed by atoms with van der Waals surface area (Å²) in [6.07, 6.45) is 8.17. The van der Waals surface area contributed by atoms with E-state index in [1.807, 2.05) is 17.0 Å². The highest BCUT2D eigenvalue weighted by atomic mass is 16.2. The van der Waals surface area contributed by atoms with Gasteiger partial charge in [0.15, 0.2) is 0 Å². The Hall–Kier alpha value is -2.63. The molecule has 1 aliphatic carbocycles. The van der Waals surface area contributed by atoms with Crippen molar-refractivity contribution in [1.82, 2.24) is 19.8 Å². The average Bonchev–Trinajstić information content (AvgIpc) is 3.38. The van der Waals surface area contributed by atoms with Gasteiger partial charge in [-0.2, -0.15) is 0 Å². The minimum Gasteiger partial charge on any atom is -0.352 e. The van der Waals surface area contributed by atoms with E-state index in [0.29, 0.717) is 13.1 Å². The van der Waals surface area contributed by atoms with E-state index < -0.39 is 0 Å². The van der Waals surface area contributed by atoms with Crippen molar-refractivity contribution in [2.75, 3.05) is 13.1 Å². The molecule has 1 saturated heterocycles. The van der Waals surface area contributed by atoms with Crippen LogP contribution in [0.3, 0.4) is 0 Å². The van der Waals surface area contributed by atoms with Crippen molar-refractivity contribution in [2.45, 2.75) is 51.6 Å². The lowest BCUT2D eigenvalue weighted by atomic mass is 9.96. The number of likely N-dealkylation sites (tertiary alicyclic amines) is 1. The zero-order chi connectivity index (χ0) is 19.8. The summed E-state index contributed by atoms with van der Waals surface area (Å²) in [4.78, 5) is 31.7. The highest BCUT2D eigenvalue weighted by Crippen LogP contribution is 2.32. The Kier molecular flexibility index (Phi) is 4.86. The fourth-order valence-electron chi connectivity index (χ4n) is 4.55. The summed E-state index contributed by atoms with van der Waals surface area (Å²) in [6.45, 7) is 2.93. The second kappa shape index (κ2) is 7.65. The number of aryl methyl sites for hydroxylation is 2. The molecule has 6 nitrogen and oxygen atoms in total. The fourth-order valence-corrected chi connectivity index (χ4v) is 4.55. The highest BCUT2D eigenvalue weighted by Gasteiger charge is 2.36. The van der Waals surface area contributed by atoms with Gasteiger partial charge in [0, 0.05) is 50.3 Å². The van der Waals surface area contributed by atoms with Crippen LogP contribution < -0.4 is 5.32 Å². The molecule has 152 valence electrons. The van der Waals surface area contributed by atoms with E-state index >= 15 is 0 Å². The first kappa shape index (κ1) is 18.4. The molecule has 2 aromatic rings. The zero-order valence-corrected chi connectivity index (χ0v) is 16.8. The number of carbonyl (C=O) groups excluding carboxylic acids is 2. The van der Waals surface area contributed by atoms with Gasteiger partial charge in [-0.15, -0.1) is 0 Å². The molecule has 2 aliphatic heterocycles. The number of hydrogen-bond acceptors (Lipinski definition) is 3. The van der Waals surface area contributed by atoms with Gasteiger partial charge in [0.1, 0.15) is 5.82 Å². The second-order valence-electron chi connectivity index (χ2n) is 8.66. The number of nitrogens with one attached hydrogen (secondary N) is 1. The van der Waals surface area contributed by atoms with Crippen LogP contribution in [-0.4, -0.2) is 39.4 Å². The number of carbonyl (C=O) groups is 2. The van der Waals surface area contributed by atoms with E-state index in [2.05, 4.69) is 28.2 Å². The van der Waals surface area contributed by atoms with Gasteiger partial charge in [-0.1, -0.05) is 18.2 Å². The molecule has 0 radical (unpaired) electrons. The van der Waals surface area contributed by atoms with Crippen LogP contribution in [-0.2, 0) is 29.1 Å². The number of hydrogen-bond donors (Lipinski definition) is 1. The van der Waals surface area contributed by atoms with Crippen molar-refractivity contribution < 1.29 is 9.59 Å². The van der Waals surface area contributed by atoms with Crippen LogP contribution >= 0.6 is 0 Å². The van der Waals surface area contributed by atoms with Crippen molar-refractivity contribution in [3.05, 3.63) is 41.9 Å². The summed E-state index contributed by atoms with van der Waals surface area (Å²) in [7, 11) is 0. The lowest BCUT2D eigenvalue weighted by Crippen LogP contribution is -2.45. The number of piperidine rings is 1. The second-order valence-corrected chi connectivity index (χ2v) is 8.66. The largest absolute Gasteiger partial charge is 0.352 e. The van der Waals surface area contributed by atoms with Crippen LogP contribution in [0.15, 0.2) is 30.5 Å². The van der Waals surface area contributed by atoms with Crippen molar-refractivity contribution in [2.24, 2.45) is 11.8 Å². The van der Waals surface area contributed by atoms with E-state index in [-0.39, 0.29) is 23.7 Å². The van der Waals surface area contributed by atoms with Crippen LogP contribution in [0.5, 0.6) is 0 Å². The van der Waals surface area contributed by atoms with Crippen LogP contribution in [0.4, 0.5) is 0 Å². The van der Waals surface area contributed by atoms with Gasteiger partial charge in [0.2, 0.25) is 11.8 Å². The summed E-state index contributed by atoms with van der Waals surface area (Å²) in [6, 6.07) is 8.25. The summed E-state index contributed by atoms with van der Waals surface area (Å²) in [5.41, 5.74) is 3.18.